The topological polar surface area (TPSA) is 72.8 Å². The van der Waals surface area contributed by atoms with Crippen LogP contribution in [0, 0.1) is 5.82 Å². The van der Waals surface area contributed by atoms with Crippen LogP contribution in [0.15, 0.2) is 55.0 Å². The molecule has 0 unspecified atom stereocenters. The zero-order valence-electron chi connectivity index (χ0n) is 13.1. The van der Waals surface area contributed by atoms with Gasteiger partial charge in [-0.1, -0.05) is 12.1 Å². The molecule has 1 atom stereocenters. The van der Waals surface area contributed by atoms with Crippen molar-refractivity contribution in [2.24, 2.45) is 0 Å². The van der Waals surface area contributed by atoms with Crippen LogP contribution in [-0.2, 0) is 0 Å². The second kappa shape index (κ2) is 7.45. The zero-order chi connectivity index (χ0) is 16.8. The van der Waals surface area contributed by atoms with Gasteiger partial charge in [-0.15, -0.1) is 5.10 Å². The first-order valence-corrected chi connectivity index (χ1v) is 7.47. The van der Waals surface area contributed by atoms with Gasteiger partial charge in [-0.05, 0) is 31.2 Å². The number of hydrogen-bond donors (Lipinski definition) is 1. The number of halogens is 1. The Morgan fingerprint density at radius 3 is 2.83 bits per heavy atom. The highest BCUT2D eigenvalue weighted by Crippen LogP contribution is 2.20. The van der Waals surface area contributed by atoms with Gasteiger partial charge in [-0.3, -0.25) is 4.98 Å². The smallest absolute Gasteiger partial charge is 0.243 e. The van der Waals surface area contributed by atoms with E-state index >= 15 is 0 Å². The summed E-state index contributed by atoms with van der Waals surface area (Å²) in [4.78, 5) is 8.28. The Balaban J connectivity index is 1.64. The SMILES string of the molecule is C[C@H](CNc1nncc(-c2ccccc2F)n1)Oc1cccnc1. The monoisotopic (exact) mass is 325 g/mol. The fraction of sp³-hybridized carbons (Fsp3) is 0.176. The number of rotatable bonds is 6. The lowest BCUT2D eigenvalue weighted by Crippen LogP contribution is -2.23. The van der Waals surface area contributed by atoms with Crippen molar-refractivity contribution in [2.45, 2.75) is 13.0 Å². The van der Waals surface area contributed by atoms with E-state index in [0.717, 1.165) is 0 Å². The van der Waals surface area contributed by atoms with Crippen molar-refractivity contribution in [2.75, 3.05) is 11.9 Å². The van der Waals surface area contributed by atoms with Crippen LogP contribution in [0.4, 0.5) is 10.3 Å². The quantitative estimate of drug-likeness (QED) is 0.751. The van der Waals surface area contributed by atoms with Crippen molar-refractivity contribution in [1.29, 1.82) is 0 Å². The van der Waals surface area contributed by atoms with Crippen LogP contribution in [-0.4, -0.2) is 32.8 Å². The summed E-state index contributed by atoms with van der Waals surface area (Å²) in [6.07, 6.45) is 4.63. The summed E-state index contributed by atoms with van der Waals surface area (Å²) >= 11 is 0. The maximum atomic E-state index is 13.8. The number of hydrogen-bond acceptors (Lipinski definition) is 6. The van der Waals surface area contributed by atoms with E-state index in [4.69, 9.17) is 4.74 Å². The lowest BCUT2D eigenvalue weighted by molar-refractivity contribution is 0.233. The normalized spacial score (nSPS) is 11.8. The highest BCUT2D eigenvalue weighted by atomic mass is 19.1. The molecule has 0 spiro atoms. The van der Waals surface area contributed by atoms with E-state index in [1.54, 1.807) is 36.7 Å². The molecule has 1 N–H and O–H groups in total. The van der Waals surface area contributed by atoms with Crippen LogP contribution < -0.4 is 10.1 Å². The third kappa shape index (κ3) is 4.01. The molecule has 1 aromatic carbocycles. The summed E-state index contributed by atoms with van der Waals surface area (Å²) < 4.78 is 19.5. The maximum Gasteiger partial charge on any atom is 0.243 e. The first-order valence-electron chi connectivity index (χ1n) is 7.47. The van der Waals surface area contributed by atoms with Crippen LogP contribution in [0.5, 0.6) is 5.75 Å². The molecule has 0 amide bonds. The van der Waals surface area contributed by atoms with Gasteiger partial charge in [0.1, 0.15) is 17.7 Å². The summed E-state index contributed by atoms with van der Waals surface area (Å²) in [7, 11) is 0. The van der Waals surface area contributed by atoms with Gasteiger partial charge in [0.05, 0.1) is 24.6 Å². The third-order valence-corrected chi connectivity index (χ3v) is 3.23. The van der Waals surface area contributed by atoms with E-state index in [9.17, 15) is 4.39 Å². The Bertz CT molecular complexity index is 800. The summed E-state index contributed by atoms with van der Waals surface area (Å²) in [5.74, 6) is 0.653. The Hall–Kier alpha value is -3.09. The Labute approximate surface area is 138 Å². The number of benzene rings is 1. The molecule has 0 aliphatic carbocycles. The highest BCUT2D eigenvalue weighted by molar-refractivity contribution is 5.59. The molecule has 7 heteroatoms. The van der Waals surface area contributed by atoms with Gasteiger partial charge in [0, 0.05) is 11.8 Å². The molecule has 3 rings (SSSR count). The predicted octanol–water partition coefficient (Wildman–Crippen LogP) is 2.95. The molecule has 0 saturated heterocycles. The lowest BCUT2D eigenvalue weighted by atomic mass is 10.1. The van der Waals surface area contributed by atoms with Gasteiger partial charge < -0.3 is 10.1 Å². The van der Waals surface area contributed by atoms with Crippen molar-refractivity contribution in [3.63, 3.8) is 0 Å². The van der Waals surface area contributed by atoms with Crippen LogP contribution in [0.3, 0.4) is 0 Å². The van der Waals surface area contributed by atoms with Crippen LogP contribution in [0.25, 0.3) is 11.3 Å². The number of aromatic nitrogens is 4. The predicted molar refractivity (Wildman–Crippen MR) is 88.0 cm³/mol. The van der Waals surface area contributed by atoms with E-state index in [0.29, 0.717) is 29.5 Å². The van der Waals surface area contributed by atoms with E-state index in [1.807, 2.05) is 13.0 Å². The van der Waals surface area contributed by atoms with Gasteiger partial charge in [0.15, 0.2) is 0 Å². The van der Waals surface area contributed by atoms with Crippen molar-refractivity contribution in [3.8, 4) is 17.0 Å². The molecule has 2 heterocycles. The van der Waals surface area contributed by atoms with Crippen molar-refractivity contribution >= 4 is 5.95 Å². The Morgan fingerprint density at radius 1 is 1.17 bits per heavy atom. The van der Waals surface area contributed by atoms with Gasteiger partial charge in [0.25, 0.3) is 0 Å². The summed E-state index contributed by atoms with van der Waals surface area (Å²) in [6, 6.07) is 10.0. The molecule has 0 aliphatic heterocycles. The zero-order valence-corrected chi connectivity index (χ0v) is 13.1. The van der Waals surface area contributed by atoms with E-state index < -0.39 is 0 Å². The van der Waals surface area contributed by atoms with Gasteiger partial charge in [0.2, 0.25) is 5.95 Å². The van der Waals surface area contributed by atoms with Crippen LogP contribution >= 0.6 is 0 Å². The minimum Gasteiger partial charge on any atom is -0.487 e. The molecule has 24 heavy (non-hydrogen) atoms. The molecular formula is C17H16FN5O. The summed E-state index contributed by atoms with van der Waals surface area (Å²) in [5.41, 5.74) is 0.807. The van der Waals surface area contributed by atoms with Gasteiger partial charge in [-0.2, -0.15) is 5.10 Å². The summed E-state index contributed by atoms with van der Waals surface area (Å²) in [6.45, 7) is 2.38. The first-order chi connectivity index (χ1) is 11.7. The van der Waals surface area contributed by atoms with Crippen molar-refractivity contribution in [3.05, 3.63) is 60.8 Å². The highest BCUT2D eigenvalue weighted by Gasteiger charge is 2.09. The summed E-state index contributed by atoms with van der Waals surface area (Å²) in [5, 5.41) is 10.8. The average Bonchev–Trinajstić information content (AvgIpc) is 2.61. The number of nitrogens with one attached hydrogen (secondary N) is 1. The molecule has 3 aromatic rings. The largest absolute Gasteiger partial charge is 0.487 e. The Kier molecular flexibility index (Phi) is 4.90. The number of anilines is 1. The fourth-order valence-electron chi connectivity index (χ4n) is 2.10. The minimum atomic E-state index is -0.350. The second-order valence-electron chi connectivity index (χ2n) is 5.14. The molecule has 0 fully saturated rings. The van der Waals surface area contributed by atoms with E-state index in [1.165, 1.54) is 12.3 Å². The van der Waals surface area contributed by atoms with E-state index in [2.05, 4.69) is 25.5 Å². The van der Waals surface area contributed by atoms with Gasteiger partial charge >= 0.3 is 0 Å². The maximum absolute atomic E-state index is 13.8. The third-order valence-electron chi connectivity index (χ3n) is 3.23. The number of pyridine rings is 1. The van der Waals surface area contributed by atoms with Crippen molar-refractivity contribution in [1.82, 2.24) is 20.2 Å². The van der Waals surface area contributed by atoms with E-state index in [-0.39, 0.29) is 11.9 Å². The molecule has 0 aliphatic rings. The number of nitrogens with zero attached hydrogens (tertiary/aromatic N) is 4. The first kappa shape index (κ1) is 15.8. The Morgan fingerprint density at radius 2 is 2.04 bits per heavy atom. The lowest BCUT2D eigenvalue weighted by Gasteiger charge is -2.15. The minimum absolute atomic E-state index is 0.130. The fourth-order valence-corrected chi connectivity index (χ4v) is 2.10. The number of ether oxygens (including phenoxy) is 1. The molecule has 6 nitrogen and oxygen atoms in total. The second-order valence-corrected chi connectivity index (χ2v) is 5.14. The molecular weight excluding hydrogens is 309 g/mol. The molecule has 2 aromatic heterocycles. The molecule has 0 saturated carbocycles. The van der Waals surface area contributed by atoms with Gasteiger partial charge in [-0.25, -0.2) is 9.37 Å². The van der Waals surface area contributed by atoms with Crippen LogP contribution in [0.1, 0.15) is 6.92 Å². The van der Waals surface area contributed by atoms with Crippen molar-refractivity contribution < 1.29 is 9.13 Å². The molecule has 0 bridgehead atoms. The molecule has 0 radical (unpaired) electrons. The molecule has 122 valence electrons. The standard InChI is InChI=1S/C17H16FN5O/c1-12(24-13-5-4-8-19-10-13)9-20-17-22-16(11-21-23-17)14-6-2-3-7-15(14)18/h2-8,10-12H,9H2,1H3,(H,20,22,23)/t12-/m1/s1. The van der Waals surface area contributed by atoms with Crippen LogP contribution in [0.2, 0.25) is 0 Å². The average molecular weight is 325 g/mol.